The average molecular weight is 180 g/mol. The summed E-state index contributed by atoms with van der Waals surface area (Å²) in [5.74, 6) is -0.939. The summed E-state index contributed by atoms with van der Waals surface area (Å²) < 4.78 is 0. The first-order chi connectivity index (χ1) is 6.24. The van der Waals surface area contributed by atoms with Crippen molar-refractivity contribution in [1.82, 2.24) is 10.3 Å². The number of nitrogens with one attached hydrogen (secondary N) is 1. The van der Waals surface area contributed by atoms with E-state index in [-0.39, 0.29) is 5.56 Å². The van der Waals surface area contributed by atoms with Crippen LogP contribution in [0, 0.1) is 0 Å². The number of pyridine rings is 1. The molecule has 0 atom stereocenters. The van der Waals surface area contributed by atoms with E-state index in [1.165, 1.54) is 6.20 Å². The highest BCUT2D eigenvalue weighted by molar-refractivity contribution is 5.87. The number of carboxylic acids is 1. The Morgan fingerprint density at radius 3 is 3.00 bits per heavy atom. The topological polar surface area (TPSA) is 62.2 Å². The molecule has 1 aromatic heterocycles. The fraction of sp³-hybridized carbons (Fsp3) is 0.333. The Hall–Kier alpha value is -1.42. The summed E-state index contributed by atoms with van der Waals surface area (Å²) in [6.45, 7) is 3.51. The van der Waals surface area contributed by atoms with Gasteiger partial charge in [-0.3, -0.25) is 4.98 Å². The zero-order valence-corrected chi connectivity index (χ0v) is 7.45. The minimum atomic E-state index is -0.939. The third-order valence-corrected chi connectivity index (χ3v) is 1.62. The molecule has 0 bridgehead atoms. The average Bonchev–Trinajstić information content (AvgIpc) is 2.15. The van der Waals surface area contributed by atoms with Crippen LogP contribution in [0.5, 0.6) is 0 Å². The van der Waals surface area contributed by atoms with Crippen LogP contribution >= 0.6 is 0 Å². The van der Waals surface area contributed by atoms with E-state index in [0.29, 0.717) is 6.54 Å². The zero-order chi connectivity index (χ0) is 9.68. The number of hydrogen-bond acceptors (Lipinski definition) is 3. The van der Waals surface area contributed by atoms with Crippen molar-refractivity contribution < 1.29 is 9.90 Å². The molecule has 4 heteroatoms. The maximum absolute atomic E-state index is 10.6. The van der Waals surface area contributed by atoms with E-state index in [9.17, 15) is 4.79 Å². The van der Waals surface area contributed by atoms with Gasteiger partial charge in [-0.05, 0) is 18.2 Å². The van der Waals surface area contributed by atoms with Gasteiger partial charge < -0.3 is 10.4 Å². The van der Waals surface area contributed by atoms with E-state index in [1.807, 2.05) is 6.92 Å². The Labute approximate surface area is 76.6 Å². The third-order valence-electron chi connectivity index (χ3n) is 1.62. The molecule has 0 spiro atoms. The number of aromatic carboxylic acids is 1. The molecule has 0 aliphatic carbocycles. The SMILES string of the molecule is CCNCc1cncc(C(=O)O)c1. The first kappa shape index (κ1) is 9.67. The van der Waals surface area contributed by atoms with E-state index in [2.05, 4.69) is 10.3 Å². The Balaban J connectivity index is 2.73. The van der Waals surface area contributed by atoms with Gasteiger partial charge in [0.25, 0.3) is 0 Å². The molecule has 0 unspecified atom stereocenters. The molecule has 0 aliphatic rings. The van der Waals surface area contributed by atoms with E-state index in [0.717, 1.165) is 12.1 Å². The number of hydrogen-bond donors (Lipinski definition) is 2. The largest absolute Gasteiger partial charge is 0.478 e. The maximum Gasteiger partial charge on any atom is 0.337 e. The molecular formula is C9H12N2O2. The zero-order valence-electron chi connectivity index (χ0n) is 7.45. The van der Waals surface area contributed by atoms with Crippen LogP contribution in [0.3, 0.4) is 0 Å². The second-order valence-corrected chi connectivity index (χ2v) is 2.67. The molecule has 1 aromatic rings. The van der Waals surface area contributed by atoms with Crippen molar-refractivity contribution in [2.75, 3.05) is 6.54 Å². The van der Waals surface area contributed by atoms with Crippen LogP contribution in [-0.4, -0.2) is 22.6 Å². The normalized spacial score (nSPS) is 9.92. The van der Waals surface area contributed by atoms with Crippen molar-refractivity contribution in [3.63, 3.8) is 0 Å². The van der Waals surface area contributed by atoms with Gasteiger partial charge in [-0.25, -0.2) is 4.79 Å². The molecule has 0 aromatic carbocycles. The number of nitrogens with zero attached hydrogens (tertiary/aromatic N) is 1. The fourth-order valence-electron chi connectivity index (χ4n) is 0.971. The lowest BCUT2D eigenvalue weighted by Crippen LogP contribution is -2.12. The van der Waals surface area contributed by atoms with E-state index in [4.69, 9.17) is 5.11 Å². The van der Waals surface area contributed by atoms with Gasteiger partial charge in [0.15, 0.2) is 0 Å². The standard InChI is InChI=1S/C9H12N2O2/c1-2-10-4-7-3-8(9(12)13)6-11-5-7/h3,5-6,10H,2,4H2,1H3,(H,12,13). The molecular weight excluding hydrogens is 168 g/mol. The molecule has 1 rings (SSSR count). The van der Waals surface area contributed by atoms with E-state index in [1.54, 1.807) is 12.3 Å². The lowest BCUT2D eigenvalue weighted by atomic mass is 10.2. The smallest absolute Gasteiger partial charge is 0.337 e. The monoisotopic (exact) mass is 180 g/mol. The van der Waals surface area contributed by atoms with Gasteiger partial charge in [-0.15, -0.1) is 0 Å². The Bertz CT molecular complexity index is 299. The van der Waals surface area contributed by atoms with Crippen molar-refractivity contribution in [2.45, 2.75) is 13.5 Å². The molecule has 0 fully saturated rings. The number of aromatic nitrogens is 1. The molecule has 4 nitrogen and oxygen atoms in total. The fourth-order valence-corrected chi connectivity index (χ4v) is 0.971. The van der Waals surface area contributed by atoms with Gasteiger partial charge in [0, 0.05) is 18.9 Å². The van der Waals surface area contributed by atoms with Gasteiger partial charge in [0.2, 0.25) is 0 Å². The van der Waals surface area contributed by atoms with Crippen LogP contribution in [0.2, 0.25) is 0 Å². The molecule has 0 radical (unpaired) electrons. The quantitative estimate of drug-likeness (QED) is 0.722. The molecule has 70 valence electrons. The van der Waals surface area contributed by atoms with Crippen molar-refractivity contribution in [3.05, 3.63) is 29.6 Å². The van der Waals surface area contributed by atoms with Crippen LogP contribution in [0.1, 0.15) is 22.8 Å². The molecule has 0 saturated heterocycles. The van der Waals surface area contributed by atoms with E-state index < -0.39 is 5.97 Å². The summed E-state index contributed by atoms with van der Waals surface area (Å²) in [7, 11) is 0. The first-order valence-electron chi connectivity index (χ1n) is 4.12. The van der Waals surface area contributed by atoms with Crippen LogP contribution in [-0.2, 0) is 6.54 Å². The van der Waals surface area contributed by atoms with Gasteiger partial charge in [0.1, 0.15) is 0 Å². The molecule has 0 amide bonds. The van der Waals surface area contributed by atoms with Crippen LogP contribution in [0.4, 0.5) is 0 Å². The van der Waals surface area contributed by atoms with Gasteiger partial charge in [-0.1, -0.05) is 6.92 Å². The lowest BCUT2D eigenvalue weighted by molar-refractivity contribution is 0.0696. The summed E-state index contributed by atoms with van der Waals surface area (Å²) in [6, 6.07) is 1.62. The van der Waals surface area contributed by atoms with Crippen LogP contribution < -0.4 is 5.32 Å². The summed E-state index contributed by atoms with van der Waals surface area (Å²) >= 11 is 0. The van der Waals surface area contributed by atoms with Gasteiger partial charge >= 0.3 is 5.97 Å². The Morgan fingerprint density at radius 1 is 1.62 bits per heavy atom. The molecule has 0 aliphatic heterocycles. The van der Waals surface area contributed by atoms with Crippen molar-refractivity contribution in [3.8, 4) is 0 Å². The highest BCUT2D eigenvalue weighted by Gasteiger charge is 2.02. The first-order valence-corrected chi connectivity index (χ1v) is 4.12. The summed E-state index contributed by atoms with van der Waals surface area (Å²) in [5, 5.41) is 11.8. The second-order valence-electron chi connectivity index (χ2n) is 2.67. The second kappa shape index (κ2) is 4.57. The number of carbonyl (C=O) groups is 1. The van der Waals surface area contributed by atoms with Gasteiger partial charge in [0.05, 0.1) is 5.56 Å². The highest BCUT2D eigenvalue weighted by Crippen LogP contribution is 2.01. The predicted molar refractivity (Wildman–Crippen MR) is 48.6 cm³/mol. The third kappa shape index (κ3) is 2.83. The van der Waals surface area contributed by atoms with Crippen LogP contribution in [0.25, 0.3) is 0 Å². The minimum absolute atomic E-state index is 0.232. The number of carboxylic acid groups (broad SMARTS) is 1. The maximum atomic E-state index is 10.6. The number of rotatable bonds is 4. The van der Waals surface area contributed by atoms with Gasteiger partial charge in [-0.2, -0.15) is 0 Å². The minimum Gasteiger partial charge on any atom is -0.478 e. The van der Waals surface area contributed by atoms with Crippen molar-refractivity contribution >= 4 is 5.97 Å². The highest BCUT2D eigenvalue weighted by atomic mass is 16.4. The molecule has 2 N–H and O–H groups in total. The molecule has 13 heavy (non-hydrogen) atoms. The predicted octanol–water partition coefficient (Wildman–Crippen LogP) is 0.889. The summed E-state index contributed by atoms with van der Waals surface area (Å²) in [4.78, 5) is 14.4. The molecule has 1 heterocycles. The summed E-state index contributed by atoms with van der Waals surface area (Å²) in [5.41, 5.74) is 1.12. The Kier molecular flexibility index (Phi) is 3.40. The summed E-state index contributed by atoms with van der Waals surface area (Å²) in [6.07, 6.45) is 3.01. The van der Waals surface area contributed by atoms with Crippen LogP contribution in [0.15, 0.2) is 18.5 Å². The van der Waals surface area contributed by atoms with E-state index >= 15 is 0 Å². The lowest BCUT2D eigenvalue weighted by Gasteiger charge is -2.01. The van der Waals surface area contributed by atoms with Crippen molar-refractivity contribution in [2.24, 2.45) is 0 Å². The Morgan fingerprint density at radius 2 is 2.38 bits per heavy atom. The van der Waals surface area contributed by atoms with Crippen molar-refractivity contribution in [1.29, 1.82) is 0 Å². The molecule has 0 saturated carbocycles.